The van der Waals surface area contributed by atoms with Gasteiger partial charge in [0.2, 0.25) is 0 Å². The maximum atomic E-state index is 12.6. The van der Waals surface area contributed by atoms with Crippen molar-refractivity contribution in [1.82, 2.24) is 0 Å². The Kier molecular flexibility index (Phi) is 4.23. The van der Waals surface area contributed by atoms with Crippen molar-refractivity contribution >= 4 is 21.6 Å². The van der Waals surface area contributed by atoms with E-state index in [0.29, 0.717) is 10.2 Å². The lowest BCUT2D eigenvalue weighted by atomic mass is 10.2. The number of anilines is 1. The van der Waals surface area contributed by atoms with Gasteiger partial charge in [-0.15, -0.1) is 0 Å². The molecule has 2 rings (SSSR count). The smallest absolute Gasteiger partial charge is 0.416 e. The molecule has 0 aliphatic rings. The fourth-order valence-electron chi connectivity index (χ4n) is 1.63. The van der Waals surface area contributed by atoms with Gasteiger partial charge in [0.25, 0.3) is 0 Å². The van der Waals surface area contributed by atoms with Gasteiger partial charge in [-0.05, 0) is 40.2 Å². The molecule has 2 aromatic carbocycles. The topological polar surface area (TPSA) is 35.2 Å². The Bertz CT molecular complexity index is 614. The summed E-state index contributed by atoms with van der Waals surface area (Å²) in [7, 11) is 0. The fourth-order valence-corrected chi connectivity index (χ4v) is 2.01. The van der Waals surface area contributed by atoms with E-state index in [0.717, 1.165) is 17.7 Å². The Morgan fingerprint density at radius 2 is 1.80 bits per heavy atom. The van der Waals surface area contributed by atoms with Crippen LogP contribution in [0.4, 0.5) is 18.9 Å². The Morgan fingerprint density at radius 3 is 2.50 bits per heavy atom. The van der Waals surface area contributed by atoms with E-state index in [2.05, 4.69) is 15.9 Å². The normalized spacial score (nSPS) is 11.4. The van der Waals surface area contributed by atoms with E-state index in [1.807, 2.05) is 0 Å². The second-order valence-electron chi connectivity index (χ2n) is 4.13. The van der Waals surface area contributed by atoms with Gasteiger partial charge in [-0.2, -0.15) is 13.2 Å². The molecule has 0 amide bonds. The summed E-state index contributed by atoms with van der Waals surface area (Å²) in [6, 6.07) is 10.0. The van der Waals surface area contributed by atoms with Crippen LogP contribution in [0, 0.1) is 0 Å². The lowest BCUT2D eigenvalue weighted by Crippen LogP contribution is -2.05. The predicted molar refractivity (Wildman–Crippen MR) is 74.3 cm³/mol. The molecule has 0 unspecified atom stereocenters. The molecule has 0 saturated heterocycles. The van der Waals surface area contributed by atoms with Crippen LogP contribution in [0.5, 0.6) is 5.75 Å². The zero-order valence-electron chi connectivity index (χ0n) is 10.2. The van der Waals surface area contributed by atoms with Crippen LogP contribution in [0.1, 0.15) is 11.1 Å². The minimum Gasteiger partial charge on any atom is -0.489 e. The number of hydrogen-bond donors (Lipinski definition) is 1. The molecule has 0 radical (unpaired) electrons. The molecule has 2 nitrogen and oxygen atoms in total. The molecule has 0 aliphatic carbocycles. The minimum atomic E-state index is -4.38. The fraction of sp³-hybridized carbons (Fsp3) is 0.143. The molecule has 2 N–H and O–H groups in total. The zero-order valence-corrected chi connectivity index (χ0v) is 11.8. The van der Waals surface area contributed by atoms with Crippen molar-refractivity contribution in [3.05, 3.63) is 58.1 Å². The largest absolute Gasteiger partial charge is 0.489 e. The molecule has 0 atom stereocenters. The van der Waals surface area contributed by atoms with Gasteiger partial charge in [0.1, 0.15) is 12.4 Å². The highest BCUT2D eigenvalue weighted by Gasteiger charge is 2.30. The van der Waals surface area contributed by atoms with Gasteiger partial charge in [-0.25, -0.2) is 0 Å². The number of nitrogens with two attached hydrogens (primary N) is 1. The Balaban J connectivity index is 2.13. The van der Waals surface area contributed by atoms with E-state index in [1.165, 1.54) is 12.1 Å². The molecule has 0 aromatic heterocycles. The van der Waals surface area contributed by atoms with E-state index < -0.39 is 11.7 Å². The monoisotopic (exact) mass is 345 g/mol. The Morgan fingerprint density at radius 1 is 1.10 bits per heavy atom. The summed E-state index contributed by atoms with van der Waals surface area (Å²) in [6.45, 7) is 0.132. The highest BCUT2D eigenvalue weighted by molar-refractivity contribution is 9.10. The predicted octanol–water partition coefficient (Wildman–Crippen LogP) is 4.63. The molecular formula is C14H11BrF3NO. The van der Waals surface area contributed by atoms with Crippen molar-refractivity contribution < 1.29 is 17.9 Å². The number of halogens is 4. The summed E-state index contributed by atoms with van der Waals surface area (Å²) in [5.41, 5.74) is 6.30. The van der Waals surface area contributed by atoms with E-state index in [1.54, 1.807) is 18.2 Å². The second-order valence-corrected chi connectivity index (χ2v) is 4.93. The summed E-state index contributed by atoms with van der Waals surface area (Å²) >= 11 is 3.31. The summed E-state index contributed by atoms with van der Waals surface area (Å²) in [6.07, 6.45) is -4.38. The van der Waals surface area contributed by atoms with Gasteiger partial charge in [-0.1, -0.05) is 18.2 Å². The average Bonchev–Trinajstić information content (AvgIpc) is 2.40. The molecular weight excluding hydrogens is 335 g/mol. The molecule has 6 heteroatoms. The Hall–Kier alpha value is -1.69. The van der Waals surface area contributed by atoms with Gasteiger partial charge in [0.15, 0.2) is 0 Å². The summed E-state index contributed by atoms with van der Waals surface area (Å²) < 4.78 is 43.8. The van der Waals surface area contributed by atoms with E-state index >= 15 is 0 Å². The summed E-state index contributed by atoms with van der Waals surface area (Å²) in [5, 5.41) is 0. The summed E-state index contributed by atoms with van der Waals surface area (Å²) in [5.74, 6) is 0.161. The lowest BCUT2D eigenvalue weighted by Gasteiger charge is -2.11. The molecule has 0 bridgehead atoms. The molecule has 0 heterocycles. The van der Waals surface area contributed by atoms with Gasteiger partial charge < -0.3 is 10.5 Å². The second kappa shape index (κ2) is 5.75. The standard InChI is InChI=1S/C14H11BrF3NO/c15-13-9(3-1-6-12(13)19)8-20-11-5-2-4-10(7-11)14(16,17)18/h1-7H,8,19H2. The number of ether oxygens (including phenoxy) is 1. The van der Waals surface area contributed by atoms with Crippen molar-refractivity contribution in [2.45, 2.75) is 12.8 Å². The molecule has 20 heavy (non-hydrogen) atoms. The van der Waals surface area contributed by atoms with Gasteiger partial charge in [0.05, 0.1) is 5.56 Å². The van der Waals surface area contributed by atoms with Gasteiger partial charge in [-0.3, -0.25) is 0 Å². The number of rotatable bonds is 3. The number of hydrogen-bond acceptors (Lipinski definition) is 2. The number of benzene rings is 2. The van der Waals surface area contributed by atoms with E-state index in [4.69, 9.17) is 10.5 Å². The van der Waals surface area contributed by atoms with E-state index in [9.17, 15) is 13.2 Å². The quantitative estimate of drug-likeness (QED) is 0.823. The van der Waals surface area contributed by atoms with Crippen LogP contribution in [0.3, 0.4) is 0 Å². The third-order valence-corrected chi connectivity index (χ3v) is 3.63. The maximum Gasteiger partial charge on any atom is 0.416 e. The summed E-state index contributed by atoms with van der Waals surface area (Å²) in [4.78, 5) is 0. The Labute approximate surface area is 122 Å². The van der Waals surface area contributed by atoms with Crippen LogP contribution in [0.2, 0.25) is 0 Å². The van der Waals surface area contributed by atoms with Crippen LogP contribution < -0.4 is 10.5 Å². The first-order chi connectivity index (χ1) is 9.38. The zero-order chi connectivity index (χ0) is 14.8. The third-order valence-electron chi connectivity index (χ3n) is 2.66. The molecule has 0 fully saturated rings. The first-order valence-corrected chi connectivity index (χ1v) is 6.50. The first-order valence-electron chi connectivity index (χ1n) is 5.71. The van der Waals surface area contributed by atoms with Crippen molar-refractivity contribution in [3.8, 4) is 5.75 Å². The van der Waals surface area contributed by atoms with Crippen molar-refractivity contribution in [1.29, 1.82) is 0 Å². The average molecular weight is 346 g/mol. The van der Waals surface area contributed by atoms with Crippen molar-refractivity contribution in [2.75, 3.05) is 5.73 Å². The molecule has 2 aromatic rings. The van der Waals surface area contributed by atoms with E-state index in [-0.39, 0.29) is 12.4 Å². The molecule has 106 valence electrons. The number of nitrogen functional groups attached to an aromatic ring is 1. The van der Waals surface area contributed by atoms with Gasteiger partial charge >= 0.3 is 6.18 Å². The lowest BCUT2D eigenvalue weighted by molar-refractivity contribution is -0.137. The first kappa shape index (κ1) is 14.7. The molecule has 0 aliphatic heterocycles. The van der Waals surface area contributed by atoms with Crippen LogP contribution in [0.15, 0.2) is 46.9 Å². The minimum absolute atomic E-state index is 0.132. The van der Waals surface area contributed by atoms with Crippen LogP contribution >= 0.6 is 15.9 Å². The van der Waals surface area contributed by atoms with Crippen LogP contribution in [0.25, 0.3) is 0 Å². The maximum absolute atomic E-state index is 12.6. The highest BCUT2D eigenvalue weighted by Crippen LogP contribution is 2.32. The van der Waals surface area contributed by atoms with Crippen molar-refractivity contribution in [3.63, 3.8) is 0 Å². The van der Waals surface area contributed by atoms with Gasteiger partial charge in [0, 0.05) is 15.7 Å². The highest BCUT2D eigenvalue weighted by atomic mass is 79.9. The van der Waals surface area contributed by atoms with Crippen LogP contribution in [-0.4, -0.2) is 0 Å². The molecule has 0 spiro atoms. The number of alkyl halides is 3. The van der Waals surface area contributed by atoms with Crippen LogP contribution in [-0.2, 0) is 12.8 Å². The van der Waals surface area contributed by atoms with Crippen molar-refractivity contribution in [2.24, 2.45) is 0 Å². The third kappa shape index (κ3) is 3.45. The SMILES string of the molecule is Nc1cccc(COc2cccc(C(F)(F)F)c2)c1Br. The molecule has 0 saturated carbocycles.